The number of hydrogen-bond donors (Lipinski definition) is 1. The van der Waals surface area contributed by atoms with Crippen LogP contribution in [-0.4, -0.2) is 55.5 Å². The van der Waals surface area contributed by atoms with Gasteiger partial charge in [-0.3, -0.25) is 4.79 Å². The van der Waals surface area contributed by atoms with Crippen LogP contribution in [-0.2, 0) is 4.79 Å². The number of amides is 1. The quantitative estimate of drug-likeness (QED) is 0.903. The van der Waals surface area contributed by atoms with Crippen LogP contribution in [0.4, 0.5) is 0 Å². The number of nitrogens with zero attached hydrogens (tertiary/aromatic N) is 2. The zero-order valence-electron chi connectivity index (χ0n) is 12.7. The summed E-state index contributed by atoms with van der Waals surface area (Å²) < 4.78 is 0. The summed E-state index contributed by atoms with van der Waals surface area (Å²) >= 11 is 0. The minimum atomic E-state index is 0.201. The van der Waals surface area contributed by atoms with Gasteiger partial charge in [-0.1, -0.05) is 29.8 Å². The number of aryl methyl sites for hydroxylation is 1. The molecule has 1 heterocycles. The summed E-state index contributed by atoms with van der Waals surface area (Å²) in [6, 6.07) is 8.65. The van der Waals surface area contributed by atoms with Crippen molar-refractivity contribution in [2.45, 2.75) is 19.9 Å². The van der Waals surface area contributed by atoms with Gasteiger partial charge in [0.25, 0.3) is 0 Å². The van der Waals surface area contributed by atoms with Gasteiger partial charge in [0.1, 0.15) is 0 Å². The number of carbonyl (C=O) groups excluding carboxylic acids is 1. The Morgan fingerprint density at radius 2 is 1.80 bits per heavy atom. The second-order valence-electron chi connectivity index (χ2n) is 5.70. The van der Waals surface area contributed by atoms with E-state index in [1.54, 1.807) is 0 Å². The molecule has 1 fully saturated rings. The second-order valence-corrected chi connectivity index (χ2v) is 5.70. The lowest BCUT2D eigenvalue weighted by Gasteiger charge is -2.32. The van der Waals surface area contributed by atoms with Crippen LogP contribution < -0.4 is 5.32 Å². The highest BCUT2D eigenvalue weighted by Gasteiger charge is 2.19. The van der Waals surface area contributed by atoms with Gasteiger partial charge < -0.3 is 15.1 Å². The lowest BCUT2D eigenvalue weighted by atomic mass is 10.1. The molecule has 2 rings (SSSR count). The molecule has 110 valence electrons. The number of likely N-dealkylation sites (N-methyl/N-ethyl adjacent to an activating group) is 1. The van der Waals surface area contributed by atoms with Crippen molar-refractivity contribution in [2.24, 2.45) is 0 Å². The number of carbonyl (C=O) groups is 1. The van der Waals surface area contributed by atoms with E-state index >= 15 is 0 Å². The third kappa shape index (κ3) is 4.05. The summed E-state index contributed by atoms with van der Waals surface area (Å²) in [7, 11) is 2.10. The fourth-order valence-corrected chi connectivity index (χ4v) is 2.38. The molecule has 1 N–H and O–H groups in total. The first-order valence-corrected chi connectivity index (χ1v) is 7.32. The van der Waals surface area contributed by atoms with Crippen molar-refractivity contribution in [3.63, 3.8) is 0 Å². The van der Waals surface area contributed by atoms with E-state index in [-0.39, 0.29) is 11.9 Å². The summed E-state index contributed by atoms with van der Waals surface area (Å²) in [6.45, 7) is 8.23. The standard InChI is InChI=1S/C16H25N3O/c1-13-4-6-15(7-5-13)14(2)17-12-16(20)19-10-8-18(3)9-11-19/h4-7,14,17H,8-12H2,1-3H3. The average molecular weight is 275 g/mol. The van der Waals surface area contributed by atoms with E-state index in [0.29, 0.717) is 6.54 Å². The van der Waals surface area contributed by atoms with Gasteiger partial charge in [0.2, 0.25) is 5.91 Å². The maximum atomic E-state index is 12.1. The monoisotopic (exact) mass is 275 g/mol. The van der Waals surface area contributed by atoms with Crippen LogP contribution in [0, 0.1) is 6.92 Å². The number of rotatable bonds is 4. The molecule has 0 aromatic heterocycles. The number of piperazine rings is 1. The Labute approximate surface area is 121 Å². The van der Waals surface area contributed by atoms with Crippen LogP contribution in [0.1, 0.15) is 24.1 Å². The van der Waals surface area contributed by atoms with E-state index in [2.05, 4.69) is 55.4 Å². The van der Waals surface area contributed by atoms with Crippen LogP contribution in [0.25, 0.3) is 0 Å². The Hall–Kier alpha value is -1.39. The van der Waals surface area contributed by atoms with Crippen molar-refractivity contribution >= 4 is 5.91 Å². The van der Waals surface area contributed by atoms with Crippen molar-refractivity contribution in [1.82, 2.24) is 15.1 Å². The SMILES string of the molecule is Cc1ccc(C(C)NCC(=O)N2CCN(C)CC2)cc1. The number of hydrogen-bond acceptors (Lipinski definition) is 3. The molecular formula is C16H25N3O. The van der Waals surface area contributed by atoms with Crippen LogP contribution in [0.15, 0.2) is 24.3 Å². The van der Waals surface area contributed by atoms with Gasteiger partial charge in [0.15, 0.2) is 0 Å². The molecule has 0 bridgehead atoms. The maximum absolute atomic E-state index is 12.1. The fourth-order valence-electron chi connectivity index (χ4n) is 2.38. The zero-order chi connectivity index (χ0) is 14.5. The fraction of sp³-hybridized carbons (Fsp3) is 0.562. The summed E-state index contributed by atoms with van der Waals surface area (Å²) in [5.74, 6) is 0.206. The van der Waals surface area contributed by atoms with E-state index in [0.717, 1.165) is 26.2 Å². The van der Waals surface area contributed by atoms with Gasteiger partial charge >= 0.3 is 0 Å². The Morgan fingerprint density at radius 3 is 2.40 bits per heavy atom. The van der Waals surface area contributed by atoms with Gasteiger partial charge in [-0.05, 0) is 26.5 Å². The van der Waals surface area contributed by atoms with Gasteiger partial charge in [0.05, 0.1) is 6.54 Å². The van der Waals surface area contributed by atoms with Crippen molar-refractivity contribution in [1.29, 1.82) is 0 Å². The normalized spacial score (nSPS) is 18.1. The minimum absolute atomic E-state index is 0.201. The molecule has 1 saturated heterocycles. The van der Waals surface area contributed by atoms with E-state index in [1.807, 2.05) is 4.90 Å². The van der Waals surface area contributed by atoms with Crippen molar-refractivity contribution in [3.8, 4) is 0 Å². The van der Waals surface area contributed by atoms with E-state index in [4.69, 9.17) is 0 Å². The van der Waals surface area contributed by atoms with Crippen LogP contribution in [0.5, 0.6) is 0 Å². The van der Waals surface area contributed by atoms with Crippen molar-refractivity contribution in [3.05, 3.63) is 35.4 Å². The Balaban J connectivity index is 1.79. The lowest BCUT2D eigenvalue weighted by Crippen LogP contribution is -2.49. The Kier molecular flexibility index (Phi) is 5.15. The lowest BCUT2D eigenvalue weighted by molar-refractivity contribution is -0.131. The maximum Gasteiger partial charge on any atom is 0.236 e. The smallest absolute Gasteiger partial charge is 0.236 e. The number of nitrogens with one attached hydrogen (secondary N) is 1. The molecule has 0 radical (unpaired) electrons. The summed E-state index contributed by atoms with van der Waals surface area (Å²) in [5.41, 5.74) is 2.48. The number of benzene rings is 1. The molecule has 1 atom stereocenters. The van der Waals surface area contributed by atoms with Gasteiger partial charge in [-0.15, -0.1) is 0 Å². The average Bonchev–Trinajstić information content (AvgIpc) is 2.46. The summed E-state index contributed by atoms with van der Waals surface area (Å²) in [4.78, 5) is 16.3. The van der Waals surface area contributed by atoms with E-state index in [1.165, 1.54) is 11.1 Å². The Bertz CT molecular complexity index is 436. The molecular weight excluding hydrogens is 250 g/mol. The van der Waals surface area contributed by atoms with Crippen molar-refractivity contribution in [2.75, 3.05) is 39.8 Å². The predicted molar refractivity (Wildman–Crippen MR) is 81.7 cm³/mol. The van der Waals surface area contributed by atoms with Gasteiger partial charge in [0, 0.05) is 32.2 Å². The van der Waals surface area contributed by atoms with Crippen molar-refractivity contribution < 1.29 is 4.79 Å². The highest BCUT2D eigenvalue weighted by molar-refractivity contribution is 5.78. The molecule has 4 heteroatoms. The molecule has 1 amide bonds. The minimum Gasteiger partial charge on any atom is -0.339 e. The van der Waals surface area contributed by atoms with Gasteiger partial charge in [-0.2, -0.15) is 0 Å². The molecule has 1 aromatic carbocycles. The Morgan fingerprint density at radius 1 is 1.20 bits per heavy atom. The molecule has 1 unspecified atom stereocenters. The molecule has 0 spiro atoms. The summed E-state index contributed by atoms with van der Waals surface area (Å²) in [6.07, 6.45) is 0. The van der Waals surface area contributed by atoms with Crippen LogP contribution in [0.3, 0.4) is 0 Å². The molecule has 1 aliphatic heterocycles. The molecule has 1 aliphatic rings. The first-order valence-electron chi connectivity index (χ1n) is 7.32. The summed E-state index contributed by atoms with van der Waals surface area (Å²) in [5, 5.41) is 3.32. The predicted octanol–water partition coefficient (Wildman–Crippen LogP) is 1.42. The molecule has 20 heavy (non-hydrogen) atoms. The highest BCUT2D eigenvalue weighted by atomic mass is 16.2. The third-order valence-corrected chi connectivity index (χ3v) is 3.99. The molecule has 1 aromatic rings. The second kappa shape index (κ2) is 6.86. The molecule has 0 aliphatic carbocycles. The molecule has 0 saturated carbocycles. The first-order chi connectivity index (χ1) is 9.56. The third-order valence-electron chi connectivity index (χ3n) is 3.99. The van der Waals surface area contributed by atoms with Crippen LogP contribution >= 0.6 is 0 Å². The van der Waals surface area contributed by atoms with E-state index < -0.39 is 0 Å². The van der Waals surface area contributed by atoms with Gasteiger partial charge in [-0.25, -0.2) is 0 Å². The molecule has 4 nitrogen and oxygen atoms in total. The zero-order valence-corrected chi connectivity index (χ0v) is 12.7. The highest BCUT2D eigenvalue weighted by Crippen LogP contribution is 2.12. The topological polar surface area (TPSA) is 35.6 Å². The van der Waals surface area contributed by atoms with E-state index in [9.17, 15) is 4.79 Å². The first kappa shape index (κ1) is 15.0. The van der Waals surface area contributed by atoms with Crippen LogP contribution in [0.2, 0.25) is 0 Å². The largest absolute Gasteiger partial charge is 0.339 e.